The molecule has 0 unspecified atom stereocenters. The van der Waals surface area contributed by atoms with Gasteiger partial charge in [0.05, 0.1) is 12.7 Å². The standard InChI is InChI=1S/C31H39F2NO4/c1-19-16-26-25-11-6-21-17-23(35)12-13-28(21,3)30(25,33)27(36)18-29(26,4)31(19,37)20(2)34-14-5-15-38-24-9-7-22(32)8-10-24/h7-10,12-13,17,19,25-27,34,36-37H,2,5-6,11,14-16,18H2,1,3-4H3/t19-,25+,26+,27+,28+,29+,30+,31+/m1/s1. The number of allylic oxidation sites excluding steroid dienone is 4. The van der Waals surface area contributed by atoms with Crippen LogP contribution in [0.15, 0.2) is 60.3 Å². The van der Waals surface area contributed by atoms with E-state index in [1.165, 1.54) is 24.3 Å². The van der Waals surface area contributed by atoms with Crippen molar-refractivity contribution in [1.29, 1.82) is 0 Å². The Bertz CT molecular complexity index is 1180. The van der Waals surface area contributed by atoms with Gasteiger partial charge in [0.25, 0.3) is 0 Å². The van der Waals surface area contributed by atoms with Crippen molar-refractivity contribution < 1.29 is 28.5 Å². The molecule has 5 nitrogen and oxygen atoms in total. The molecule has 0 saturated heterocycles. The Morgan fingerprint density at radius 1 is 1.24 bits per heavy atom. The van der Waals surface area contributed by atoms with Gasteiger partial charge in [-0.2, -0.15) is 0 Å². The number of hydrogen-bond donors (Lipinski definition) is 3. The SMILES string of the molecule is C=C(NCCCOc1ccc(F)cc1)[C@@]1(O)[C@H](C)C[C@H]2[C@@H]3CCC4=CC(=O)C=C[C@]4(C)[C@@]3(F)[C@@H](O)C[C@@]21C. The molecule has 0 aromatic heterocycles. The van der Waals surface area contributed by atoms with Gasteiger partial charge in [0.15, 0.2) is 11.5 Å². The number of aliphatic hydroxyl groups excluding tert-OH is 1. The Balaban J connectivity index is 1.31. The first-order valence-electron chi connectivity index (χ1n) is 13.7. The zero-order valence-corrected chi connectivity index (χ0v) is 22.5. The number of ketones is 1. The average molecular weight is 528 g/mol. The summed E-state index contributed by atoms with van der Waals surface area (Å²) in [4.78, 5) is 12.0. The molecule has 38 heavy (non-hydrogen) atoms. The average Bonchev–Trinajstić information content (AvgIpc) is 3.07. The van der Waals surface area contributed by atoms with Crippen LogP contribution in [0.25, 0.3) is 0 Å². The smallest absolute Gasteiger partial charge is 0.178 e. The van der Waals surface area contributed by atoms with Crippen molar-refractivity contribution in [2.75, 3.05) is 13.2 Å². The summed E-state index contributed by atoms with van der Waals surface area (Å²) in [5, 5.41) is 27.0. The molecule has 4 aliphatic carbocycles. The topological polar surface area (TPSA) is 78.8 Å². The monoisotopic (exact) mass is 527 g/mol. The molecule has 4 aliphatic rings. The first-order chi connectivity index (χ1) is 17.9. The number of carbonyl (C=O) groups excluding carboxylic acids is 1. The maximum atomic E-state index is 17.3. The number of rotatable bonds is 7. The van der Waals surface area contributed by atoms with E-state index in [1.54, 1.807) is 25.1 Å². The highest BCUT2D eigenvalue weighted by atomic mass is 19.1. The van der Waals surface area contributed by atoms with Crippen molar-refractivity contribution in [2.24, 2.45) is 28.6 Å². The fourth-order valence-electron chi connectivity index (χ4n) is 8.36. The molecule has 0 radical (unpaired) electrons. The van der Waals surface area contributed by atoms with E-state index < -0.39 is 34.1 Å². The van der Waals surface area contributed by atoms with Crippen molar-refractivity contribution in [3.05, 3.63) is 66.2 Å². The minimum absolute atomic E-state index is 0.102. The predicted molar refractivity (Wildman–Crippen MR) is 142 cm³/mol. The molecule has 3 fully saturated rings. The summed E-state index contributed by atoms with van der Waals surface area (Å²) < 4.78 is 36.0. The van der Waals surface area contributed by atoms with Crippen LogP contribution >= 0.6 is 0 Å². The van der Waals surface area contributed by atoms with Gasteiger partial charge in [0.2, 0.25) is 0 Å². The van der Waals surface area contributed by atoms with Gasteiger partial charge in [-0.3, -0.25) is 4.79 Å². The van der Waals surface area contributed by atoms with Gasteiger partial charge in [-0.05, 0) is 87.3 Å². The lowest BCUT2D eigenvalue weighted by Gasteiger charge is -2.63. The van der Waals surface area contributed by atoms with Gasteiger partial charge in [0, 0.05) is 29.0 Å². The number of aliphatic hydroxyl groups is 2. The zero-order chi connectivity index (χ0) is 27.5. The lowest BCUT2D eigenvalue weighted by molar-refractivity contribution is -0.214. The van der Waals surface area contributed by atoms with E-state index >= 15 is 4.39 Å². The number of fused-ring (bicyclic) bond motifs is 5. The van der Waals surface area contributed by atoms with Crippen LogP contribution < -0.4 is 10.1 Å². The highest BCUT2D eigenvalue weighted by Gasteiger charge is 2.74. The molecule has 0 heterocycles. The van der Waals surface area contributed by atoms with Crippen LogP contribution in [0.4, 0.5) is 8.78 Å². The summed E-state index contributed by atoms with van der Waals surface area (Å²) in [5.41, 5.74) is -3.83. The van der Waals surface area contributed by atoms with E-state index in [0.717, 1.165) is 5.57 Å². The third-order valence-corrected chi connectivity index (χ3v) is 10.4. The Hall–Kier alpha value is -2.51. The quantitative estimate of drug-likeness (QED) is 0.433. The Morgan fingerprint density at radius 3 is 2.66 bits per heavy atom. The first kappa shape index (κ1) is 27.1. The van der Waals surface area contributed by atoms with Crippen LogP contribution in [0.5, 0.6) is 5.75 Å². The maximum Gasteiger partial charge on any atom is 0.178 e. The summed E-state index contributed by atoms with van der Waals surface area (Å²) in [7, 11) is 0. The molecule has 3 N–H and O–H groups in total. The molecular weight excluding hydrogens is 488 g/mol. The van der Waals surface area contributed by atoms with Crippen LogP contribution in [0.1, 0.15) is 52.9 Å². The highest BCUT2D eigenvalue weighted by Crippen LogP contribution is 2.71. The minimum atomic E-state index is -1.92. The minimum Gasteiger partial charge on any atom is -0.494 e. The van der Waals surface area contributed by atoms with Crippen LogP contribution in [0, 0.1) is 34.4 Å². The Morgan fingerprint density at radius 2 is 1.95 bits per heavy atom. The number of carbonyl (C=O) groups is 1. The second kappa shape index (κ2) is 9.30. The zero-order valence-electron chi connectivity index (χ0n) is 22.5. The first-order valence-corrected chi connectivity index (χ1v) is 13.7. The van der Waals surface area contributed by atoms with Crippen molar-refractivity contribution in [3.8, 4) is 5.75 Å². The van der Waals surface area contributed by atoms with Crippen LogP contribution in [-0.4, -0.2) is 46.5 Å². The molecule has 0 bridgehead atoms. The van der Waals surface area contributed by atoms with Crippen LogP contribution in [0.3, 0.4) is 0 Å². The summed E-state index contributed by atoms with van der Waals surface area (Å²) in [5.74, 6) is -0.653. The Kier molecular flexibility index (Phi) is 6.63. The summed E-state index contributed by atoms with van der Waals surface area (Å²) in [6.45, 7) is 10.9. The summed E-state index contributed by atoms with van der Waals surface area (Å²) in [6, 6.07) is 5.86. The molecule has 8 atom stereocenters. The third-order valence-electron chi connectivity index (χ3n) is 10.4. The van der Waals surface area contributed by atoms with Gasteiger partial charge >= 0.3 is 0 Å². The van der Waals surface area contributed by atoms with Gasteiger partial charge in [-0.25, -0.2) is 8.78 Å². The third kappa shape index (κ3) is 3.72. The molecule has 7 heteroatoms. The van der Waals surface area contributed by atoms with Crippen molar-refractivity contribution >= 4 is 5.78 Å². The number of nitrogens with one attached hydrogen (secondary N) is 1. The number of halogens is 2. The molecule has 0 amide bonds. The lowest BCUT2D eigenvalue weighted by atomic mass is 9.44. The highest BCUT2D eigenvalue weighted by molar-refractivity contribution is 6.01. The normalized spacial score (nSPS) is 41.6. The van der Waals surface area contributed by atoms with E-state index in [9.17, 15) is 19.4 Å². The second-order valence-electron chi connectivity index (χ2n) is 12.2. The number of hydrogen-bond acceptors (Lipinski definition) is 5. The van der Waals surface area contributed by atoms with E-state index in [1.807, 2.05) is 13.8 Å². The van der Waals surface area contributed by atoms with Gasteiger partial charge < -0.3 is 20.3 Å². The van der Waals surface area contributed by atoms with Crippen molar-refractivity contribution in [3.63, 3.8) is 0 Å². The Labute approximate surface area is 223 Å². The van der Waals surface area contributed by atoms with E-state index in [4.69, 9.17) is 4.74 Å². The molecule has 1 aromatic carbocycles. The van der Waals surface area contributed by atoms with Crippen molar-refractivity contribution in [2.45, 2.75) is 70.2 Å². The van der Waals surface area contributed by atoms with Crippen LogP contribution in [0.2, 0.25) is 0 Å². The molecule has 3 saturated carbocycles. The van der Waals surface area contributed by atoms with E-state index in [2.05, 4.69) is 11.9 Å². The fraction of sp³-hybridized carbons (Fsp3) is 0.581. The predicted octanol–water partition coefficient (Wildman–Crippen LogP) is 5.05. The number of alkyl halides is 1. The molecule has 5 rings (SSSR count). The van der Waals surface area contributed by atoms with Gasteiger partial charge in [-0.15, -0.1) is 0 Å². The van der Waals surface area contributed by atoms with Gasteiger partial charge in [-0.1, -0.05) is 32.1 Å². The summed E-state index contributed by atoms with van der Waals surface area (Å²) >= 11 is 0. The second-order valence-corrected chi connectivity index (χ2v) is 12.2. The molecule has 0 aliphatic heterocycles. The van der Waals surface area contributed by atoms with E-state index in [-0.39, 0.29) is 29.9 Å². The lowest BCUT2D eigenvalue weighted by Crippen LogP contribution is -2.68. The van der Waals surface area contributed by atoms with Gasteiger partial charge in [0.1, 0.15) is 17.2 Å². The summed E-state index contributed by atoms with van der Waals surface area (Å²) in [6.07, 6.45) is 5.81. The fourth-order valence-corrected chi connectivity index (χ4v) is 8.36. The molecule has 206 valence electrons. The maximum absolute atomic E-state index is 17.3. The van der Waals surface area contributed by atoms with Crippen LogP contribution in [-0.2, 0) is 4.79 Å². The molecule has 0 spiro atoms. The largest absolute Gasteiger partial charge is 0.494 e. The number of benzene rings is 1. The van der Waals surface area contributed by atoms with Crippen molar-refractivity contribution in [1.82, 2.24) is 5.32 Å². The number of ether oxygens (including phenoxy) is 1. The molecule has 1 aromatic rings. The van der Waals surface area contributed by atoms with E-state index in [0.29, 0.717) is 50.3 Å². The molecular formula is C31H39F2NO4.